The molecule has 0 unspecified atom stereocenters. The van der Waals surface area contributed by atoms with Crippen LogP contribution in [0.4, 0.5) is 0 Å². The van der Waals surface area contributed by atoms with Crippen molar-refractivity contribution >= 4 is 49.1 Å². The average Bonchev–Trinajstić information content (AvgIpc) is 3.37. The summed E-state index contributed by atoms with van der Waals surface area (Å²) < 4.78 is 38.7. The van der Waals surface area contributed by atoms with E-state index in [1.54, 1.807) is 0 Å². The maximum absolute atomic E-state index is 13.5. The van der Waals surface area contributed by atoms with Gasteiger partial charge in [0.15, 0.2) is 0 Å². The van der Waals surface area contributed by atoms with E-state index in [2.05, 4.69) is 0 Å². The number of ketones is 1. The molecule has 42 heavy (non-hydrogen) atoms. The van der Waals surface area contributed by atoms with Crippen LogP contribution in [0.1, 0.15) is 34.1 Å². The number of carbonyl (C=O) groups excluding carboxylic acids is 5. The third kappa shape index (κ3) is 6.69. The van der Waals surface area contributed by atoms with Crippen LogP contribution in [-0.2, 0) is 57.1 Å². The van der Waals surface area contributed by atoms with Crippen molar-refractivity contribution < 1.29 is 62.2 Å². The van der Waals surface area contributed by atoms with Gasteiger partial charge in [-0.15, -0.1) is 0 Å². The normalized spacial score (nSPS) is 35.4. The van der Waals surface area contributed by atoms with Gasteiger partial charge in [-0.3, -0.25) is 0 Å². The zero-order valence-corrected chi connectivity index (χ0v) is 25.5. The molecule has 3 heterocycles. The second-order valence-electron chi connectivity index (χ2n) is 10.3. The number of ether oxygens (including phenoxy) is 7. The van der Waals surface area contributed by atoms with Crippen molar-refractivity contribution in [1.29, 1.82) is 0 Å². The third-order valence-corrected chi connectivity index (χ3v) is 9.97. The second kappa shape index (κ2) is 13.2. The summed E-state index contributed by atoms with van der Waals surface area (Å²) in [5.74, 6) is -4.14. The van der Waals surface area contributed by atoms with Gasteiger partial charge in [-0.05, 0) is 0 Å². The first-order valence-electron chi connectivity index (χ1n) is 13.3. The fourth-order valence-electron chi connectivity index (χ4n) is 5.75. The topological polar surface area (TPSA) is 170 Å². The number of Topliss-reactive ketones (excluding diaryl/α,β-unsaturated/α-hetero) is 1. The van der Waals surface area contributed by atoms with Gasteiger partial charge in [-0.1, -0.05) is 0 Å². The van der Waals surface area contributed by atoms with Crippen molar-refractivity contribution in [3.05, 3.63) is 30.3 Å². The summed E-state index contributed by atoms with van der Waals surface area (Å²) in [5, 5.41) is 11.9. The molecule has 3 saturated heterocycles. The van der Waals surface area contributed by atoms with Crippen molar-refractivity contribution in [3.8, 4) is 0 Å². The van der Waals surface area contributed by atoms with Gasteiger partial charge in [0.25, 0.3) is 0 Å². The minimum absolute atomic E-state index is 0.122. The molecule has 3 fully saturated rings. The van der Waals surface area contributed by atoms with E-state index in [1.165, 1.54) is 14.0 Å². The molecule has 0 radical (unpaired) electrons. The van der Waals surface area contributed by atoms with Gasteiger partial charge >= 0.3 is 249 Å². The van der Waals surface area contributed by atoms with Crippen molar-refractivity contribution in [1.82, 2.24) is 0 Å². The Morgan fingerprint density at radius 2 is 1.43 bits per heavy atom. The molecule has 1 N–H and O–H groups in total. The molecule has 0 saturated carbocycles. The van der Waals surface area contributed by atoms with Gasteiger partial charge < -0.3 is 0 Å². The number of esters is 4. The number of hydrogen-bond acceptors (Lipinski definition) is 13. The summed E-state index contributed by atoms with van der Waals surface area (Å²) in [7, 11) is 1.41. The Hall–Kier alpha value is -2.87. The van der Waals surface area contributed by atoms with Crippen LogP contribution in [0.3, 0.4) is 0 Å². The zero-order valence-electron chi connectivity index (χ0n) is 23.8. The Kier molecular flexibility index (Phi) is 10.1. The van der Waals surface area contributed by atoms with Gasteiger partial charge in [-0.25, -0.2) is 0 Å². The quantitative estimate of drug-likeness (QED) is 0.189. The monoisotopic (exact) mass is 658 g/mol. The van der Waals surface area contributed by atoms with Crippen LogP contribution in [0.25, 0.3) is 0 Å². The second-order valence-corrected chi connectivity index (χ2v) is 13.1. The van der Waals surface area contributed by atoms with E-state index in [4.69, 9.17) is 33.2 Å². The summed E-state index contributed by atoms with van der Waals surface area (Å²) in [6.07, 6.45) is -9.28. The van der Waals surface area contributed by atoms with E-state index in [-0.39, 0.29) is 18.8 Å². The molecule has 0 spiro atoms. The SMILES string of the molecule is CO[C@H]1[C@@H]2O[C@@H]([C@H](C[C@H]3O[C@H](COC(C)=O)[C@H](OC(C)=O)[C@H](OC(C)=O)[C@H]3OC(C)=O)C2=O)[C@@]1(O)[Se]c1ccccc1. The number of methoxy groups -OCH3 is 1. The molecule has 10 atom stereocenters. The summed E-state index contributed by atoms with van der Waals surface area (Å²) in [6, 6.07) is 9.28. The third-order valence-electron chi connectivity index (χ3n) is 7.25. The number of carbonyl (C=O) groups is 5. The van der Waals surface area contributed by atoms with Gasteiger partial charge in [0.2, 0.25) is 0 Å². The van der Waals surface area contributed by atoms with Crippen LogP contribution >= 0.6 is 0 Å². The summed E-state index contributed by atoms with van der Waals surface area (Å²) >= 11 is -0.589. The van der Waals surface area contributed by atoms with E-state index in [1.807, 2.05) is 30.3 Å². The maximum atomic E-state index is 13.5. The van der Waals surface area contributed by atoms with E-state index in [0.717, 1.165) is 25.2 Å². The van der Waals surface area contributed by atoms with Crippen molar-refractivity contribution in [2.24, 2.45) is 5.92 Å². The molecule has 3 aliphatic rings. The molecule has 230 valence electrons. The minimum atomic E-state index is -1.52. The first-order valence-corrected chi connectivity index (χ1v) is 15.1. The number of hydrogen-bond donors (Lipinski definition) is 1. The number of fused-ring (bicyclic) bond motifs is 2. The number of rotatable bonds is 10. The fourth-order valence-corrected chi connectivity index (χ4v) is 8.57. The summed E-state index contributed by atoms with van der Waals surface area (Å²) in [6.45, 7) is 4.20. The summed E-state index contributed by atoms with van der Waals surface area (Å²) in [4.78, 5) is 61.5. The first-order chi connectivity index (χ1) is 19.8. The average molecular weight is 658 g/mol. The number of benzene rings is 1. The molecule has 14 heteroatoms. The molecule has 13 nitrogen and oxygen atoms in total. The van der Waals surface area contributed by atoms with Gasteiger partial charge in [0.05, 0.1) is 0 Å². The molecule has 1 aromatic rings. The Morgan fingerprint density at radius 3 is 1.98 bits per heavy atom. The predicted molar refractivity (Wildman–Crippen MR) is 141 cm³/mol. The van der Waals surface area contributed by atoms with Gasteiger partial charge in [-0.2, -0.15) is 0 Å². The Morgan fingerprint density at radius 1 is 0.857 bits per heavy atom. The molecule has 4 rings (SSSR count). The van der Waals surface area contributed by atoms with Crippen LogP contribution in [0, 0.1) is 5.92 Å². The van der Waals surface area contributed by atoms with Crippen LogP contribution in [0.2, 0.25) is 0 Å². The molecule has 0 aromatic heterocycles. The molecule has 3 aliphatic heterocycles. The van der Waals surface area contributed by atoms with Crippen LogP contribution in [-0.4, -0.2) is 117 Å². The van der Waals surface area contributed by atoms with Crippen molar-refractivity contribution in [3.63, 3.8) is 0 Å². The first kappa shape index (κ1) is 32.1. The Balaban J connectivity index is 1.68. The Labute approximate surface area is 248 Å². The van der Waals surface area contributed by atoms with E-state index < -0.39 is 98.1 Å². The molecule has 0 amide bonds. The zero-order chi connectivity index (χ0) is 30.8. The molecule has 1 aromatic carbocycles. The predicted octanol–water partition coefficient (Wildman–Crippen LogP) is -0.798. The molecule has 0 aliphatic carbocycles. The van der Waals surface area contributed by atoms with Crippen LogP contribution in [0.5, 0.6) is 0 Å². The van der Waals surface area contributed by atoms with E-state index in [0.29, 0.717) is 0 Å². The molecule has 2 bridgehead atoms. The van der Waals surface area contributed by atoms with Gasteiger partial charge in [0, 0.05) is 0 Å². The van der Waals surface area contributed by atoms with Crippen LogP contribution in [0.15, 0.2) is 30.3 Å². The fraction of sp³-hybridized carbons (Fsp3) is 0.607. The van der Waals surface area contributed by atoms with Crippen LogP contribution < -0.4 is 4.46 Å². The van der Waals surface area contributed by atoms with Crippen molar-refractivity contribution in [2.75, 3.05) is 13.7 Å². The van der Waals surface area contributed by atoms with E-state index >= 15 is 0 Å². The Bertz CT molecular complexity index is 1190. The summed E-state index contributed by atoms with van der Waals surface area (Å²) in [5.41, 5.74) is 0. The molecular weight excluding hydrogens is 623 g/mol. The molecular formula is C28H34O13Se. The standard InChI is InChI=1S/C28H34O13Se/c1-13(29)36-12-20-23(38-15(3)31)25(39-16(4)32)22(37-14(2)30)19(40-20)11-18-21(33)24-27(35-5)28(34,26(18)41-24)42-17-9-7-6-8-10-17/h6-10,18-20,22-27,34H,11-12H2,1-5H3/t18-,19-,20-,22+,23+,24-,25-,26+,27+,28-/m1/s1. The number of aliphatic hydroxyl groups is 1. The van der Waals surface area contributed by atoms with E-state index in [9.17, 15) is 29.1 Å². The van der Waals surface area contributed by atoms with Crippen molar-refractivity contribution in [2.45, 2.75) is 87.4 Å². The van der Waals surface area contributed by atoms with Gasteiger partial charge in [0.1, 0.15) is 0 Å².